The summed E-state index contributed by atoms with van der Waals surface area (Å²) in [6.07, 6.45) is 0. The maximum absolute atomic E-state index is 11.7. The molecule has 1 rings (SSSR count). The summed E-state index contributed by atoms with van der Waals surface area (Å²) in [5.74, 6) is 0.270. The summed E-state index contributed by atoms with van der Waals surface area (Å²) in [6.45, 7) is 9.14. The number of benzene rings is 1. The quantitative estimate of drug-likeness (QED) is 0.666. The molecular formula is C10H16O4PSi. The fourth-order valence-electron chi connectivity index (χ4n) is 1.08. The van der Waals surface area contributed by atoms with Crippen LogP contribution in [0.5, 0.6) is 5.75 Å². The average Bonchev–Trinajstić information content (AvgIpc) is 2.04. The van der Waals surface area contributed by atoms with Gasteiger partial charge in [-0.3, -0.25) is 4.89 Å². The van der Waals surface area contributed by atoms with Gasteiger partial charge in [0, 0.05) is 0 Å². The van der Waals surface area contributed by atoms with Crippen molar-refractivity contribution in [1.82, 2.24) is 0 Å². The number of hydrogen-bond acceptors (Lipinski definition) is 3. The Balaban J connectivity index is 2.81. The highest BCUT2D eigenvalue weighted by Crippen LogP contribution is 2.47. The third-order valence-corrected chi connectivity index (χ3v) is 5.12. The molecule has 0 saturated heterocycles. The summed E-state index contributed by atoms with van der Waals surface area (Å²) in [7, 11) is -6.16. The number of hydrogen-bond donors (Lipinski definition) is 1. The topological polar surface area (TPSA) is 55.8 Å². The van der Waals surface area contributed by atoms with Crippen LogP contribution in [0.4, 0.5) is 0 Å². The average molecular weight is 259 g/mol. The second-order valence-corrected chi connectivity index (χ2v) is 10.4. The number of phosphoric acid groups is 1. The van der Waals surface area contributed by atoms with E-state index in [1.807, 2.05) is 19.6 Å². The van der Waals surface area contributed by atoms with Crippen LogP contribution in [0.3, 0.4) is 0 Å². The first kappa shape index (κ1) is 13.5. The van der Waals surface area contributed by atoms with Gasteiger partial charge in [-0.05, 0) is 38.2 Å². The predicted octanol–water partition coefficient (Wildman–Crippen LogP) is 3.20. The van der Waals surface area contributed by atoms with Gasteiger partial charge in [0.05, 0.1) is 0 Å². The van der Waals surface area contributed by atoms with Crippen LogP contribution in [0.25, 0.3) is 0 Å². The van der Waals surface area contributed by atoms with Crippen LogP contribution in [0.15, 0.2) is 24.3 Å². The number of para-hydroxylation sites is 1. The zero-order valence-electron chi connectivity index (χ0n) is 9.64. The Morgan fingerprint density at radius 1 is 1.31 bits per heavy atom. The first-order chi connectivity index (χ1) is 7.20. The van der Waals surface area contributed by atoms with Crippen LogP contribution in [0, 0.1) is 6.92 Å². The van der Waals surface area contributed by atoms with E-state index in [0.29, 0.717) is 5.56 Å². The maximum atomic E-state index is 11.7. The van der Waals surface area contributed by atoms with E-state index in [2.05, 4.69) is 6.92 Å². The summed E-state index contributed by atoms with van der Waals surface area (Å²) >= 11 is 0. The normalized spacial score (nSPS) is 15.6. The van der Waals surface area contributed by atoms with Crippen molar-refractivity contribution in [3.05, 3.63) is 36.8 Å². The van der Waals surface area contributed by atoms with Crippen LogP contribution in [0.1, 0.15) is 5.56 Å². The van der Waals surface area contributed by atoms with Crippen molar-refractivity contribution >= 4 is 16.1 Å². The monoisotopic (exact) mass is 259 g/mol. The first-order valence-electron chi connectivity index (χ1n) is 4.84. The smallest absolute Gasteiger partial charge is 0.404 e. The molecule has 89 valence electrons. The van der Waals surface area contributed by atoms with Gasteiger partial charge >= 0.3 is 7.82 Å². The molecule has 1 aromatic carbocycles. The Bertz CT molecular complexity index is 414. The molecule has 0 spiro atoms. The molecule has 4 nitrogen and oxygen atoms in total. The zero-order chi connectivity index (χ0) is 12.4. The van der Waals surface area contributed by atoms with E-state index >= 15 is 0 Å². The molecule has 16 heavy (non-hydrogen) atoms. The lowest BCUT2D eigenvalue weighted by Gasteiger charge is -2.21. The number of phosphoric ester groups is 1. The lowest BCUT2D eigenvalue weighted by atomic mass is 10.2. The van der Waals surface area contributed by atoms with E-state index in [1.54, 1.807) is 24.3 Å². The van der Waals surface area contributed by atoms with Crippen molar-refractivity contribution in [1.29, 1.82) is 0 Å². The van der Waals surface area contributed by atoms with Gasteiger partial charge < -0.3 is 8.74 Å². The Labute approximate surface area is 97.0 Å². The molecule has 1 N–H and O–H groups in total. The fourth-order valence-corrected chi connectivity index (χ4v) is 4.43. The first-order valence-corrected chi connectivity index (χ1v) is 9.74. The molecule has 0 amide bonds. The molecule has 0 fully saturated rings. The third kappa shape index (κ3) is 4.49. The van der Waals surface area contributed by atoms with Crippen molar-refractivity contribution in [3.8, 4) is 5.75 Å². The van der Waals surface area contributed by atoms with E-state index in [9.17, 15) is 9.46 Å². The largest absolute Gasteiger partial charge is 0.517 e. The van der Waals surface area contributed by atoms with Gasteiger partial charge in [-0.2, -0.15) is 0 Å². The van der Waals surface area contributed by atoms with Crippen molar-refractivity contribution in [2.24, 2.45) is 0 Å². The Hall–Kier alpha value is -0.613. The van der Waals surface area contributed by atoms with Gasteiger partial charge in [-0.25, -0.2) is 4.57 Å². The van der Waals surface area contributed by atoms with E-state index < -0.39 is 16.1 Å². The highest BCUT2D eigenvalue weighted by atomic mass is 31.2. The van der Waals surface area contributed by atoms with Crippen LogP contribution in [0.2, 0.25) is 19.6 Å². The number of rotatable bonds is 4. The molecule has 1 aromatic rings. The Morgan fingerprint density at radius 3 is 2.38 bits per heavy atom. The van der Waals surface area contributed by atoms with Crippen LogP contribution >= 0.6 is 7.82 Å². The molecule has 0 heterocycles. The van der Waals surface area contributed by atoms with Gasteiger partial charge in [0.2, 0.25) is 0 Å². The Kier molecular flexibility index (Phi) is 3.96. The zero-order valence-corrected chi connectivity index (χ0v) is 11.5. The van der Waals surface area contributed by atoms with Gasteiger partial charge in [0.15, 0.2) is 8.32 Å². The van der Waals surface area contributed by atoms with Gasteiger partial charge in [-0.1, -0.05) is 18.2 Å². The molecule has 0 aliphatic rings. The van der Waals surface area contributed by atoms with Gasteiger partial charge in [0.25, 0.3) is 0 Å². The SMILES string of the molecule is [CH2]c1ccccc1OP(=O)(O)O[Si](C)(C)C. The van der Waals surface area contributed by atoms with Crippen molar-refractivity contribution < 1.29 is 18.2 Å². The second kappa shape index (κ2) is 4.71. The second-order valence-electron chi connectivity index (χ2n) is 4.37. The minimum absolute atomic E-state index is 0.270. The summed E-state index contributed by atoms with van der Waals surface area (Å²) in [5.41, 5.74) is 0.552. The summed E-state index contributed by atoms with van der Waals surface area (Å²) in [4.78, 5) is 9.55. The minimum Gasteiger partial charge on any atom is -0.404 e. The van der Waals surface area contributed by atoms with Crippen molar-refractivity contribution in [2.45, 2.75) is 19.6 Å². The summed E-state index contributed by atoms with van der Waals surface area (Å²) < 4.78 is 21.7. The van der Waals surface area contributed by atoms with E-state index in [1.165, 1.54) is 0 Å². The molecule has 0 aliphatic heterocycles. The summed E-state index contributed by atoms with van der Waals surface area (Å²) in [5, 5.41) is 0. The predicted molar refractivity (Wildman–Crippen MR) is 65.8 cm³/mol. The maximum Gasteiger partial charge on any atom is 0.517 e. The molecule has 6 heteroatoms. The summed E-state index contributed by atoms with van der Waals surface area (Å²) in [6, 6.07) is 6.76. The lowest BCUT2D eigenvalue weighted by Crippen LogP contribution is -2.24. The molecule has 0 aromatic heterocycles. The van der Waals surface area contributed by atoms with Crippen LogP contribution in [-0.2, 0) is 8.78 Å². The molecule has 1 unspecified atom stereocenters. The van der Waals surface area contributed by atoms with Crippen LogP contribution in [-0.4, -0.2) is 13.2 Å². The molecular weight excluding hydrogens is 243 g/mol. The molecule has 0 saturated carbocycles. The van der Waals surface area contributed by atoms with E-state index in [0.717, 1.165) is 0 Å². The highest BCUT2D eigenvalue weighted by Gasteiger charge is 2.31. The third-order valence-electron chi connectivity index (χ3n) is 1.58. The standard InChI is InChI=1S/C10H16O4PSi/c1-9-7-5-6-8-10(9)13-15(11,12)14-16(2,3)4/h5-8H,1H2,2-4H3,(H,11,12). The van der Waals surface area contributed by atoms with Gasteiger partial charge in [0.1, 0.15) is 5.75 Å². The van der Waals surface area contributed by atoms with Crippen molar-refractivity contribution in [2.75, 3.05) is 0 Å². The minimum atomic E-state index is -4.04. The highest BCUT2D eigenvalue weighted by molar-refractivity contribution is 7.49. The lowest BCUT2D eigenvalue weighted by molar-refractivity contribution is 0.288. The van der Waals surface area contributed by atoms with Crippen molar-refractivity contribution in [3.63, 3.8) is 0 Å². The molecule has 0 bridgehead atoms. The molecule has 1 radical (unpaired) electrons. The van der Waals surface area contributed by atoms with Gasteiger partial charge in [-0.15, -0.1) is 0 Å². The fraction of sp³-hybridized carbons (Fsp3) is 0.300. The van der Waals surface area contributed by atoms with Crippen LogP contribution < -0.4 is 4.52 Å². The molecule has 1 atom stereocenters. The Morgan fingerprint density at radius 2 is 1.88 bits per heavy atom. The van der Waals surface area contributed by atoms with E-state index in [4.69, 9.17) is 8.74 Å². The molecule has 0 aliphatic carbocycles. The van der Waals surface area contributed by atoms with E-state index in [-0.39, 0.29) is 5.75 Å².